The molecule has 2 heterocycles. The van der Waals surface area contributed by atoms with Crippen molar-refractivity contribution in [2.75, 3.05) is 5.01 Å². The average Bonchev–Trinajstić information content (AvgIpc) is 3.62. The zero-order chi connectivity index (χ0) is 25.1. The van der Waals surface area contributed by atoms with E-state index in [2.05, 4.69) is 111 Å². The minimum absolute atomic E-state index is 0.186. The first-order valence-corrected chi connectivity index (χ1v) is 14.2. The van der Waals surface area contributed by atoms with Gasteiger partial charge in [-0.05, 0) is 91.7 Å². The SMILES string of the molecule is c1ccc(C2CC(c3ccc(-n4nncc4C45CC6CC(CC(C6)C4)C5)cc3)=NN2c2ccccc2)cc1. The monoisotopic (exact) mass is 499 g/mol. The summed E-state index contributed by atoms with van der Waals surface area (Å²) in [7, 11) is 0. The van der Waals surface area contributed by atoms with Crippen molar-refractivity contribution in [2.45, 2.75) is 56.4 Å². The number of anilines is 1. The Bertz CT molecular complexity index is 1440. The summed E-state index contributed by atoms with van der Waals surface area (Å²) in [5, 5.41) is 16.3. The van der Waals surface area contributed by atoms with E-state index in [9.17, 15) is 0 Å². The molecule has 4 aromatic rings. The molecule has 4 aliphatic carbocycles. The summed E-state index contributed by atoms with van der Waals surface area (Å²) in [4.78, 5) is 0. The maximum Gasteiger partial charge on any atom is 0.0831 e. The molecule has 1 atom stereocenters. The van der Waals surface area contributed by atoms with E-state index in [0.29, 0.717) is 0 Å². The molecule has 4 fully saturated rings. The summed E-state index contributed by atoms with van der Waals surface area (Å²) < 4.78 is 2.14. The highest BCUT2D eigenvalue weighted by Gasteiger charge is 2.53. The first-order valence-electron chi connectivity index (χ1n) is 14.2. The summed E-state index contributed by atoms with van der Waals surface area (Å²) in [5.74, 6) is 2.70. The second-order valence-electron chi connectivity index (χ2n) is 12.1. The maximum atomic E-state index is 5.14. The van der Waals surface area contributed by atoms with E-state index in [-0.39, 0.29) is 11.5 Å². The number of aromatic nitrogens is 3. The highest BCUT2D eigenvalue weighted by Crippen LogP contribution is 2.60. The first kappa shape index (κ1) is 22.3. The van der Waals surface area contributed by atoms with Crippen LogP contribution in [0.15, 0.2) is 96.2 Å². The van der Waals surface area contributed by atoms with Crippen LogP contribution < -0.4 is 5.01 Å². The van der Waals surface area contributed by atoms with Gasteiger partial charge in [-0.25, -0.2) is 4.68 Å². The molecule has 0 N–H and O–H groups in total. The third-order valence-corrected chi connectivity index (χ3v) is 9.69. The maximum absolute atomic E-state index is 5.14. The average molecular weight is 500 g/mol. The topological polar surface area (TPSA) is 46.3 Å². The molecule has 190 valence electrons. The van der Waals surface area contributed by atoms with Crippen LogP contribution in [0.5, 0.6) is 0 Å². The van der Waals surface area contributed by atoms with Crippen LogP contribution in [0.1, 0.15) is 67.8 Å². The van der Waals surface area contributed by atoms with Crippen LogP contribution in [-0.2, 0) is 5.41 Å². The smallest absolute Gasteiger partial charge is 0.0831 e. The van der Waals surface area contributed by atoms with E-state index < -0.39 is 0 Å². The molecule has 1 unspecified atom stereocenters. The zero-order valence-electron chi connectivity index (χ0n) is 21.7. The van der Waals surface area contributed by atoms with Crippen molar-refractivity contribution in [3.63, 3.8) is 0 Å². The summed E-state index contributed by atoms with van der Waals surface area (Å²) in [5.41, 5.74) is 7.41. The standard InChI is InChI=1S/C33H33N5/c1-3-7-27(8-4-1)31-18-30(35-37(31)28-9-5-2-6-10-28)26-11-13-29(14-12-26)38-32(22-34-36-38)33-19-23-15-24(20-33)17-25(16-23)21-33/h1-14,22-25,31H,15-21H2. The summed E-state index contributed by atoms with van der Waals surface area (Å²) in [6.07, 6.45) is 11.2. The van der Waals surface area contributed by atoms with Crippen LogP contribution in [0.2, 0.25) is 0 Å². The molecule has 0 saturated heterocycles. The predicted octanol–water partition coefficient (Wildman–Crippen LogP) is 7.09. The zero-order valence-corrected chi connectivity index (χ0v) is 21.7. The third kappa shape index (κ3) is 3.63. The largest absolute Gasteiger partial charge is 0.257 e. The molecule has 0 amide bonds. The number of hydrogen-bond donors (Lipinski definition) is 0. The van der Waals surface area contributed by atoms with Gasteiger partial charge in [0.2, 0.25) is 0 Å². The van der Waals surface area contributed by atoms with Gasteiger partial charge in [-0.1, -0.05) is 65.9 Å². The van der Waals surface area contributed by atoms with Gasteiger partial charge in [0.05, 0.1) is 35.0 Å². The number of benzene rings is 3. The van der Waals surface area contributed by atoms with Crippen molar-refractivity contribution in [3.8, 4) is 5.69 Å². The molecular weight excluding hydrogens is 466 g/mol. The van der Waals surface area contributed by atoms with E-state index in [1.165, 1.54) is 55.3 Å². The van der Waals surface area contributed by atoms with Crippen molar-refractivity contribution < 1.29 is 0 Å². The van der Waals surface area contributed by atoms with Gasteiger partial charge in [0.25, 0.3) is 0 Å². The number of rotatable bonds is 5. The Hall–Kier alpha value is -3.73. The van der Waals surface area contributed by atoms with Crippen LogP contribution in [0.4, 0.5) is 5.69 Å². The number of para-hydroxylation sites is 1. The number of nitrogens with zero attached hydrogens (tertiary/aromatic N) is 5. The summed E-state index contributed by atoms with van der Waals surface area (Å²) in [6, 6.07) is 30.3. The Labute approximate surface area is 224 Å². The van der Waals surface area contributed by atoms with Crippen molar-refractivity contribution in [1.82, 2.24) is 15.0 Å². The minimum Gasteiger partial charge on any atom is -0.257 e. The Morgan fingerprint density at radius 3 is 1.97 bits per heavy atom. The van der Waals surface area contributed by atoms with E-state index in [1.54, 1.807) is 0 Å². The Morgan fingerprint density at radius 1 is 0.684 bits per heavy atom. The summed E-state index contributed by atoms with van der Waals surface area (Å²) in [6.45, 7) is 0. The van der Waals surface area contributed by atoms with Crippen molar-refractivity contribution in [1.29, 1.82) is 0 Å². The molecule has 4 bridgehead atoms. The first-order chi connectivity index (χ1) is 18.7. The lowest BCUT2D eigenvalue weighted by Gasteiger charge is -2.56. The lowest BCUT2D eigenvalue weighted by Crippen LogP contribution is -2.49. The van der Waals surface area contributed by atoms with Gasteiger partial charge in [-0.15, -0.1) is 5.10 Å². The van der Waals surface area contributed by atoms with Gasteiger partial charge in [0, 0.05) is 11.8 Å². The molecule has 1 aliphatic heterocycles. The fourth-order valence-corrected chi connectivity index (χ4v) is 8.45. The lowest BCUT2D eigenvalue weighted by atomic mass is 9.49. The van der Waals surface area contributed by atoms with Crippen LogP contribution in [0.25, 0.3) is 5.69 Å². The fraction of sp³-hybridized carbons (Fsp3) is 0.364. The Kier molecular flexibility index (Phi) is 5.07. The van der Waals surface area contributed by atoms with E-state index >= 15 is 0 Å². The van der Waals surface area contributed by atoms with Gasteiger partial charge < -0.3 is 0 Å². The molecule has 5 aliphatic rings. The Morgan fingerprint density at radius 2 is 1.32 bits per heavy atom. The van der Waals surface area contributed by atoms with Crippen LogP contribution in [-0.4, -0.2) is 20.7 Å². The van der Waals surface area contributed by atoms with Crippen LogP contribution >= 0.6 is 0 Å². The molecule has 0 radical (unpaired) electrons. The van der Waals surface area contributed by atoms with Crippen LogP contribution in [0.3, 0.4) is 0 Å². The van der Waals surface area contributed by atoms with Crippen molar-refractivity contribution >= 4 is 11.4 Å². The summed E-state index contributed by atoms with van der Waals surface area (Å²) >= 11 is 0. The lowest BCUT2D eigenvalue weighted by molar-refractivity contribution is -0.00828. The number of hydrogen-bond acceptors (Lipinski definition) is 4. The number of hydrazone groups is 1. The van der Waals surface area contributed by atoms with E-state index in [1.807, 2.05) is 0 Å². The molecule has 0 spiro atoms. The molecular formula is C33H33N5. The molecule has 5 heteroatoms. The van der Waals surface area contributed by atoms with Gasteiger partial charge in [0.1, 0.15) is 0 Å². The van der Waals surface area contributed by atoms with Gasteiger partial charge in [-0.2, -0.15) is 5.10 Å². The van der Waals surface area contributed by atoms with Crippen LogP contribution in [0, 0.1) is 17.8 Å². The normalized spacial score (nSPS) is 29.6. The predicted molar refractivity (Wildman–Crippen MR) is 150 cm³/mol. The highest BCUT2D eigenvalue weighted by atomic mass is 15.5. The van der Waals surface area contributed by atoms with E-state index in [4.69, 9.17) is 5.10 Å². The van der Waals surface area contributed by atoms with E-state index in [0.717, 1.165) is 41.3 Å². The van der Waals surface area contributed by atoms with Gasteiger partial charge >= 0.3 is 0 Å². The van der Waals surface area contributed by atoms with Crippen molar-refractivity contribution in [3.05, 3.63) is 108 Å². The minimum atomic E-state index is 0.186. The molecule has 3 aromatic carbocycles. The molecule has 1 aromatic heterocycles. The van der Waals surface area contributed by atoms with Gasteiger partial charge in [-0.3, -0.25) is 5.01 Å². The van der Waals surface area contributed by atoms with Crippen molar-refractivity contribution in [2.24, 2.45) is 22.9 Å². The Balaban J connectivity index is 1.10. The molecule has 38 heavy (non-hydrogen) atoms. The highest BCUT2D eigenvalue weighted by molar-refractivity contribution is 6.03. The molecule has 4 saturated carbocycles. The fourth-order valence-electron chi connectivity index (χ4n) is 8.45. The quantitative estimate of drug-likeness (QED) is 0.294. The molecule has 5 nitrogen and oxygen atoms in total. The molecule has 9 rings (SSSR count). The second kappa shape index (κ2) is 8.65. The third-order valence-electron chi connectivity index (χ3n) is 9.69. The second-order valence-corrected chi connectivity index (χ2v) is 12.1. The van der Waals surface area contributed by atoms with Gasteiger partial charge in [0.15, 0.2) is 0 Å².